The molecular formula is C13H9F2NO2. The monoisotopic (exact) mass is 249 g/mol. The molecule has 1 N–H and O–H groups in total. The fourth-order valence-corrected chi connectivity index (χ4v) is 1.65. The van der Waals surface area contributed by atoms with E-state index < -0.39 is 17.6 Å². The SMILES string of the molecule is Cc1cc(C(=O)O)cnc1-c1cc(F)ccc1F. The highest BCUT2D eigenvalue weighted by molar-refractivity contribution is 5.88. The summed E-state index contributed by atoms with van der Waals surface area (Å²) in [5.74, 6) is -2.29. The Hall–Kier alpha value is -2.30. The van der Waals surface area contributed by atoms with E-state index in [0.29, 0.717) is 5.56 Å². The summed E-state index contributed by atoms with van der Waals surface area (Å²) in [5.41, 5.74) is 0.730. The van der Waals surface area contributed by atoms with Gasteiger partial charge >= 0.3 is 5.97 Å². The first-order valence-corrected chi connectivity index (χ1v) is 5.14. The van der Waals surface area contributed by atoms with Crippen molar-refractivity contribution < 1.29 is 18.7 Å². The predicted molar refractivity (Wildman–Crippen MR) is 61.3 cm³/mol. The maximum Gasteiger partial charge on any atom is 0.337 e. The number of nitrogens with zero attached hydrogens (tertiary/aromatic N) is 1. The van der Waals surface area contributed by atoms with E-state index in [2.05, 4.69) is 4.98 Å². The number of carboxylic acid groups (broad SMARTS) is 1. The Labute approximate surface area is 102 Å². The number of carboxylic acids is 1. The fourth-order valence-electron chi connectivity index (χ4n) is 1.65. The number of halogens is 2. The van der Waals surface area contributed by atoms with Gasteiger partial charge < -0.3 is 5.11 Å². The zero-order valence-electron chi connectivity index (χ0n) is 9.45. The van der Waals surface area contributed by atoms with Crippen molar-refractivity contribution in [2.45, 2.75) is 6.92 Å². The van der Waals surface area contributed by atoms with Crippen LogP contribution in [0.2, 0.25) is 0 Å². The highest BCUT2D eigenvalue weighted by Crippen LogP contribution is 2.25. The maximum absolute atomic E-state index is 13.6. The van der Waals surface area contributed by atoms with Gasteiger partial charge in [-0.1, -0.05) is 0 Å². The molecule has 0 saturated heterocycles. The largest absolute Gasteiger partial charge is 0.478 e. The van der Waals surface area contributed by atoms with Gasteiger partial charge in [0.25, 0.3) is 0 Å². The van der Waals surface area contributed by atoms with Crippen LogP contribution in [0.25, 0.3) is 11.3 Å². The lowest BCUT2D eigenvalue weighted by molar-refractivity contribution is 0.0696. The van der Waals surface area contributed by atoms with Gasteiger partial charge in [-0.3, -0.25) is 4.98 Å². The number of carbonyl (C=O) groups is 1. The van der Waals surface area contributed by atoms with Crippen LogP contribution < -0.4 is 0 Å². The van der Waals surface area contributed by atoms with Crippen molar-refractivity contribution in [1.29, 1.82) is 0 Å². The van der Waals surface area contributed by atoms with Gasteiger partial charge in [-0.2, -0.15) is 0 Å². The van der Waals surface area contributed by atoms with Crippen LogP contribution in [-0.4, -0.2) is 16.1 Å². The van der Waals surface area contributed by atoms with Crippen molar-refractivity contribution >= 4 is 5.97 Å². The standard InChI is InChI=1S/C13H9F2NO2/c1-7-4-8(13(17)18)6-16-12(7)10-5-9(14)2-3-11(10)15/h2-6H,1H3,(H,17,18). The van der Waals surface area contributed by atoms with Gasteiger partial charge in [-0.15, -0.1) is 0 Å². The first-order valence-electron chi connectivity index (χ1n) is 5.14. The van der Waals surface area contributed by atoms with Gasteiger partial charge in [0.15, 0.2) is 0 Å². The number of hydrogen-bond acceptors (Lipinski definition) is 2. The summed E-state index contributed by atoms with van der Waals surface area (Å²) >= 11 is 0. The summed E-state index contributed by atoms with van der Waals surface area (Å²) in [6, 6.07) is 4.43. The second-order valence-corrected chi connectivity index (χ2v) is 3.82. The van der Waals surface area contributed by atoms with Crippen molar-refractivity contribution in [3.05, 3.63) is 53.2 Å². The molecule has 0 unspecified atom stereocenters. The molecule has 1 heterocycles. The third-order valence-electron chi connectivity index (χ3n) is 2.51. The van der Waals surface area contributed by atoms with Crippen molar-refractivity contribution in [2.75, 3.05) is 0 Å². The highest BCUT2D eigenvalue weighted by Gasteiger charge is 2.13. The second kappa shape index (κ2) is 4.52. The number of hydrogen-bond donors (Lipinski definition) is 1. The average molecular weight is 249 g/mol. The molecule has 1 aromatic carbocycles. The van der Waals surface area contributed by atoms with Crippen LogP contribution in [0.15, 0.2) is 30.5 Å². The summed E-state index contributed by atoms with van der Waals surface area (Å²) in [7, 11) is 0. The molecule has 5 heteroatoms. The molecule has 3 nitrogen and oxygen atoms in total. The maximum atomic E-state index is 13.6. The number of aromatic nitrogens is 1. The molecule has 0 aliphatic heterocycles. The Kier molecular flexibility index (Phi) is 3.06. The Morgan fingerprint density at radius 3 is 2.61 bits per heavy atom. The molecule has 2 rings (SSSR count). The Balaban J connectivity index is 2.58. The summed E-state index contributed by atoms with van der Waals surface area (Å²) in [4.78, 5) is 14.6. The third-order valence-corrected chi connectivity index (χ3v) is 2.51. The van der Waals surface area contributed by atoms with Crippen molar-refractivity contribution in [2.24, 2.45) is 0 Å². The van der Waals surface area contributed by atoms with Crippen molar-refractivity contribution in [1.82, 2.24) is 4.98 Å². The lowest BCUT2D eigenvalue weighted by Crippen LogP contribution is -2.00. The first-order chi connectivity index (χ1) is 8.49. The topological polar surface area (TPSA) is 50.2 Å². The first kappa shape index (κ1) is 12.2. The lowest BCUT2D eigenvalue weighted by atomic mass is 10.0. The van der Waals surface area contributed by atoms with E-state index in [-0.39, 0.29) is 16.8 Å². The normalized spacial score (nSPS) is 10.4. The van der Waals surface area contributed by atoms with Gasteiger partial charge in [-0.05, 0) is 36.8 Å². The van der Waals surface area contributed by atoms with E-state index in [4.69, 9.17) is 5.11 Å². The molecule has 0 amide bonds. The van der Waals surface area contributed by atoms with Crippen molar-refractivity contribution in [3.63, 3.8) is 0 Å². The molecule has 2 aromatic rings. The molecule has 0 fully saturated rings. The molecule has 92 valence electrons. The van der Waals surface area contributed by atoms with E-state index >= 15 is 0 Å². The molecular weight excluding hydrogens is 240 g/mol. The van der Waals surface area contributed by atoms with Crippen LogP contribution in [0, 0.1) is 18.6 Å². The van der Waals surface area contributed by atoms with Gasteiger partial charge in [0.05, 0.1) is 11.3 Å². The zero-order chi connectivity index (χ0) is 13.3. The molecule has 0 bridgehead atoms. The van der Waals surface area contributed by atoms with Crippen LogP contribution in [0.1, 0.15) is 15.9 Å². The number of aryl methyl sites for hydroxylation is 1. The van der Waals surface area contributed by atoms with Crippen LogP contribution in [0.3, 0.4) is 0 Å². The Morgan fingerprint density at radius 2 is 2.00 bits per heavy atom. The molecule has 0 atom stereocenters. The minimum absolute atomic E-state index is 0.00746. The van der Waals surface area contributed by atoms with Gasteiger partial charge in [0, 0.05) is 11.8 Å². The van der Waals surface area contributed by atoms with Crippen molar-refractivity contribution in [3.8, 4) is 11.3 Å². The molecule has 0 saturated carbocycles. The third kappa shape index (κ3) is 2.20. The van der Waals surface area contributed by atoms with E-state index in [1.807, 2.05) is 0 Å². The smallest absolute Gasteiger partial charge is 0.337 e. The molecule has 18 heavy (non-hydrogen) atoms. The predicted octanol–water partition coefficient (Wildman–Crippen LogP) is 3.03. The van der Waals surface area contributed by atoms with E-state index in [9.17, 15) is 13.6 Å². The average Bonchev–Trinajstić information content (AvgIpc) is 2.32. The van der Waals surface area contributed by atoms with Gasteiger partial charge in [0.2, 0.25) is 0 Å². The van der Waals surface area contributed by atoms with Gasteiger partial charge in [0.1, 0.15) is 11.6 Å². The summed E-state index contributed by atoms with van der Waals surface area (Å²) in [5, 5.41) is 8.80. The minimum atomic E-state index is -1.11. The van der Waals surface area contributed by atoms with Crippen LogP contribution in [0.5, 0.6) is 0 Å². The summed E-state index contributed by atoms with van der Waals surface area (Å²) in [6.07, 6.45) is 1.12. The number of benzene rings is 1. The Morgan fingerprint density at radius 1 is 1.28 bits per heavy atom. The molecule has 0 aliphatic rings. The molecule has 0 aliphatic carbocycles. The molecule has 1 aromatic heterocycles. The summed E-state index contributed by atoms with van der Waals surface area (Å²) < 4.78 is 26.7. The van der Waals surface area contributed by atoms with Crippen LogP contribution in [-0.2, 0) is 0 Å². The van der Waals surface area contributed by atoms with Crippen LogP contribution in [0.4, 0.5) is 8.78 Å². The molecule has 0 radical (unpaired) electrons. The van der Waals surface area contributed by atoms with Gasteiger partial charge in [-0.25, -0.2) is 13.6 Å². The second-order valence-electron chi connectivity index (χ2n) is 3.82. The van der Waals surface area contributed by atoms with E-state index in [1.54, 1.807) is 6.92 Å². The highest BCUT2D eigenvalue weighted by atomic mass is 19.1. The molecule has 0 spiro atoms. The number of pyridine rings is 1. The number of aromatic carboxylic acids is 1. The fraction of sp³-hybridized carbons (Fsp3) is 0.0769. The number of rotatable bonds is 2. The van der Waals surface area contributed by atoms with E-state index in [0.717, 1.165) is 24.4 Å². The lowest BCUT2D eigenvalue weighted by Gasteiger charge is -2.07. The van der Waals surface area contributed by atoms with E-state index in [1.165, 1.54) is 6.07 Å². The summed E-state index contributed by atoms with van der Waals surface area (Å²) in [6.45, 7) is 1.60. The minimum Gasteiger partial charge on any atom is -0.478 e. The zero-order valence-corrected chi connectivity index (χ0v) is 9.45. The Bertz CT molecular complexity index is 626. The quantitative estimate of drug-likeness (QED) is 0.889. The van der Waals surface area contributed by atoms with Crippen LogP contribution >= 0.6 is 0 Å².